The molecule has 0 aliphatic heterocycles. The topological polar surface area (TPSA) is 29.1 Å². The summed E-state index contributed by atoms with van der Waals surface area (Å²) in [7, 11) is 0. The fraction of sp³-hybridized carbons (Fsp3) is 0.562. The minimum Gasteiger partial charge on any atom is -0.355 e. The molecule has 1 aliphatic carbocycles. The summed E-state index contributed by atoms with van der Waals surface area (Å²) in [4.78, 5) is 12.5. The fourth-order valence-electron chi connectivity index (χ4n) is 2.59. The van der Waals surface area contributed by atoms with Gasteiger partial charge in [-0.2, -0.15) is 0 Å². The van der Waals surface area contributed by atoms with Crippen LogP contribution in [0, 0.1) is 12.8 Å². The van der Waals surface area contributed by atoms with Gasteiger partial charge in [-0.3, -0.25) is 4.79 Å². The van der Waals surface area contributed by atoms with Crippen LogP contribution in [-0.4, -0.2) is 17.3 Å². The Labute approximate surface area is 124 Å². The summed E-state index contributed by atoms with van der Waals surface area (Å²) in [5.41, 5.74) is 2.32. The van der Waals surface area contributed by atoms with Gasteiger partial charge in [-0.1, -0.05) is 58.6 Å². The Morgan fingerprint density at radius 3 is 2.63 bits per heavy atom. The molecular weight excluding hydrogens is 302 g/mol. The number of aryl methyl sites for hydroxylation is 1. The third kappa shape index (κ3) is 4.64. The molecule has 19 heavy (non-hydrogen) atoms. The highest BCUT2D eigenvalue weighted by molar-refractivity contribution is 9.09. The fourth-order valence-corrected chi connectivity index (χ4v) is 3.37. The molecule has 2 unspecified atom stereocenters. The van der Waals surface area contributed by atoms with E-state index in [1.165, 1.54) is 31.2 Å². The van der Waals surface area contributed by atoms with Crippen molar-refractivity contribution >= 4 is 21.8 Å². The Morgan fingerprint density at radius 2 is 1.95 bits per heavy atom. The van der Waals surface area contributed by atoms with Crippen molar-refractivity contribution in [3.05, 3.63) is 35.4 Å². The minimum absolute atomic E-state index is 0.133. The largest absolute Gasteiger partial charge is 0.355 e. The van der Waals surface area contributed by atoms with Crippen LogP contribution in [0.1, 0.15) is 36.8 Å². The summed E-state index contributed by atoms with van der Waals surface area (Å²) in [5.74, 6) is 0.727. The molecule has 0 heterocycles. The van der Waals surface area contributed by atoms with Crippen LogP contribution in [0.15, 0.2) is 24.3 Å². The summed E-state index contributed by atoms with van der Waals surface area (Å²) in [6.45, 7) is 2.86. The van der Waals surface area contributed by atoms with Crippen LogP contribution in [0.4, 0.5) is 0 Å². The number of carbonyl (C=O) groups excluding carboxylic acids is 1. The second-order valence-electron chi connectivity index (χ2n) is 5.53. The van der Waals surface area contributed by atoms with E-state index in [0.29, 0.717) is 17.2 Å². The Kier molecular flexibility index (Phi) is 5.44. The highest BCUT2D eigenvalue weighted by atomic mass is 79.9. The lowest BCUT2D eigenvalue weighted by Crippen LogP contribution is -2.35. The highest BCUT2D eigenvalue weighted by Gasteiger charge is 2.22. The van der Waals surface area contributed by atoms with Gasteiger partial charge in [0.25, 0.3) is 0 Å². The molecule has 1 N–H and O–H groups in total. The minimum atomic E-state index is 0.133. The second kappa shape index (κ2) is 7.09. The summed E-state index contributed by atoms with van der Waals surface area (Å²) >= 11 is 3.73. The van der Waals surface area contributed by atoms with E-state index in [1.54, 1.807) is 0 Å². The molecule has 1 fully saturated rings. The Balaban J connectivity index is 1.76. The SMILES string of the molecule is Cc1ccc(CC(=O)NCC2CCCCC2Br)cc1. The summed E-state index contributed by atoms with van der Waals surface area (Å²) in [6, 6.07) is 8.17. The molecule has 0 bridgehead atoms. The molecule has 1 aromatic carbocycles. The maximum atomic E-state index is 11.9. The maximum absolute atomic E-state index is 11.9. The first-order chi connectivity index (χ1) is 9.15. The number of alkyl halides is 1. The molecule has 0 radical (unpaired) electrons. The molecule has 3 heteroatoms. The second-order valence-corrected chi connectivity index (χ2v) is 6.70. The van der Waals surface area contributed by atoms with E-state index >= 15 is 0 Å². The van der Waals surface area contributed by atoms with Gasteiger partial charge in [0.15, 0.2) is 0 Å². The predicted molar refractivity (Wildman–Crippen MR) is 82.6 cm³/mol. The molecule has 1 aromatic rings. The van der Waals surface area contributed by atoms with Gasteiger partial charge in [0.05, 0.1) is 6.42 Å². The van der Waals surface area contributed by atoms with E-state index in [2.05, 4.69) is 40.3 Å². The highest BCUT2D eigenvalue weighted by Crippen LogP contribution is 2.29. The van der Waals surface area contributed by atoms with Gasteiger partial charge in [-0.25, -0.2) is 0 Å². The maximum Gasteiger partial charge on any atom is 0.224 e. The predicted octanol–water partition coefficient (Wildman–Crippen LogP) is 3.61. The number of benzene rings is 1. The number of hydrogen-bond donors (Lipinski definition) is 1. The van der Waals surface area contributed by atoms with Crippen LogP contribution >= 0.6 is 15.9 Å². The number of rotatable bonds is 4. The molecule has 0 spiro atoms. The summed E-state index contributed by atoms with van der Waals surface area (Å²) in [6.07, 6.45) is 5.55. The van der Waals surface area contributed by atoms with Crippen LogP contribution in [0.3, 0.4) is 0 Å². The van der Waals surface area contributed by atoms with E-state index < -0.39 is 0 Å². The van der Waals surface area contributed by atoms with E-state index in [1.807, 2.05) is 12.1 Å². The number of halogens is 1. The van der Waals surface area contributed by atoms with Gasteiger partial charge >= 0.3 is 0 Å². The van der Waals surface area contributed by atoms with E-state index in [9.17, 15) is 4.79 Å². The van der Waals surface area contributed by atoms with Crippen LogP contribution in [-0.2, 0) is 11.2 Å². The molecule has 1 aliphatic rings. The molecule has 1 saturated carbocycles. The van der Waals surface area contributed by atoms with Crippen LogP contribution in [0.25, 0.3) is 0 Å². The van der Waals surface area contributed by atoms with Crippen molar-refractivity contribution in [3.63, 3.8) is 0 Å². The zero-order valence-electron chi connectivity index (χ0n) is 11.5. The number of amides is 1. The van der Waals surface area contributed by atoms with Crippen molar-refractivity contribution in [2.75, 3.05) is 6.54 Å². The molecule has 0 aromatic heterocycles. The monoisotopic (exact) mass is 323 g/mol. The van der Waals surface area contributed by atoms with Gasteiger partial charge in [-0.15, -0.1) is 0 Å². The molecule has 2 atom stereocenters. The van der Waals surface area contributed by atoms with Gasteiger partial charge in [0, 0.05) is 11.4 Å². The molecule has 104 valence electrons. The zero-order chi connectivity index (χ0) is 13.7. The average molecular weight is 324 g/mol. The lowest BCUT2D eigenvalue weighted by molar-refractivity contribution is -0.120. The van der Waals surface area contributed by atoms with E-state index in [4.69, 9.17) is 0 Å². The normalized spacial score (nSPS) is 23.1. The third-order valence-corrected chi connectivity index (χ3v) is 5.07. The summed E-state index contributed by atoms with van der Waals surface area (Å²) < 4.78 is 0. The first-order valence-corrected chi connectivity index (χ1v) is 8.03. The van der Waals surface area contributed by atoms with Crippen LogP contribution < -0.4 is 5.32 Å². The van der Waals surface area contributed by atoms with Gasteiger partial charge in [0.1, 0.15) is 0 Å². The van der Waals surface area contributed by atoms with E-state index in [-0.39, 0.29) is 5.91 Å². The first kappa shape index (κ1) is 14.6. The van der Waals surface area contributed by atoms with Crippen molar-refractivity contribution < 1.29 is 4.79 Å². The van der Waals surface area contributed by atoms with Gasteiger partial charge in [-0.05, 0) is 31.2 Å². The number of hydrogen-bond acceptors (Lipinski definition) is 1. The van der Waals surface area contributed by atoms with Crippen molar-refractivity contribution in [2.45, 2.75) is 43.9 Å². The zero-order valence-corrected chi connectivity index (χ0v) is 13.1. The smallest absolute Gasteiger partial charge is 0.224 e. The third-order valence-electron chi connectivity index (χ3n) is 3.86. The van der Waals surface area contributed by atoms with Crippen molar-refractivity contribution in [2.24, 2.45) is 5.92 Å². The molecule has 0 saturated heterocycles. The van der Waals surface area contributed by atoms with Crippen molar-refractivity contribution in [1.82, 2.24) is 5.32 Å². The first-order valence-electron chi connectivity index (χ1n) is 7.11. The van der Waals surface area contributed by atoms with Crippen LogP contribution in [0.5, 0.6) is 0 Å². The summed E-state index contributed by atoms with van der Waals surface area (Å²) in [5, 5.41) is 3.08. The van der Waals surface area contributed by atoms with Crippen molar-refractivity contribution in [1.29, 1.82) is 0 Å². The Bertz CT molecular complexity index is 415. The Hall–Kier alpha value is -0.830. The molecule has 1 amide bonds. The molecular formula is C16H22BrNO. The van der Waals surface area contributed by atoms with Crippen molar-refractivity contribution in [3.8, 4) is 0 Å². The molecule has 2 rings (SSSR count). The van der Waals surface area contributed by atoms with E-state index in [0.717, 1.165) is 12.1 Å². The quantitative estimate of drug-likeness (QED) is 0.842. The lowest BCUT2D eigenvalue weighted by atomic mass is 9.89. The molecule has 2 nitrogen and oxygen atoms in total. The van der Waals surface area contributed by atoms with Gasteiger partial charge < -0.3 is 5.32 Å². The number of nitrogens with one attached hydrogen (secondary N) is 1. The number of carbonyl (C=O) groups is 1. The van der Waals surface area contributed by atoms with Gasteiger partial charge in [0.2, 0.25) is 5.91 Å². The average Bonchev–Trinajstić information content (AvgIpc) is 2.40. The standard InChI is InChI=1S/C16H22BrNO/c1-12-6-8-13(9-7-12)10-16(19)18-11-14-4-2-3-5-15(14)17/h6-9,14-15H,2-5,10-11H2,1H3,(H,18,19). The Morgan fingerprint density at radius 1 is 1.26 bits per heavy atom. The van der Waals surface area contributed by atoms with Crippen LogP contribution in [0.2, 0.25) is 0 Å². The lowest BCUT2D eigenvalue weighted by Gasteiger charge is -2.27.